The summed E-state index contributed by atoms with van der Waals surface area (Å²) in [6, 6.07) is -0.560. The van der Waals surface area contributed by atoms with E-state index in [0.29, 0.717) is 0 Å². The first-order valence-electron chi connectivity index (χ1n) is 8.00. The van der Waals surface area contributed by atoms with Crippen LogP contribution in [-0.2, 0) is 14.4 Å². The first kappa shape index (κ1) is 18.7. The fourth-order valence-electron chi connectivity index (χ4n) is 2.77. The summed E-state index contributed by atoms with van der Waals surface area (Å²) in [5.74, 6) is -0.251. The Hall–Kier alpha value is -1.30. The molecule has 6 heteroatoms. The van der Waals surface area contributed by atoms with Crippen LogP contribution in [0.4, 0.5) is 4.79 Å². The highest BCUT2D eigenvalue weighted by molar-refractivity contribution is 5.84. The normalized spacial score (nSPS) is 17.7. The summed E-state index contributed by atoms with van der Waals surface area (Å²) >= 11 is 0. The third-order valence-corrected chi connectivity index (χ3v) is 3.93. The van der Waals surface area contributed by atoms with Crippen LogP contribution in [0, 0.1) is 0 Å². The van der Waals surface area contributed by atoms with Gasteiger partial charge in [0.1, 0.15) is 11.6 Å². The minimum atomic E-state index is -0.608. The van der Waals surface area contributed by atoms with Gasteiger partial charge in [-0.1, -0.05) is 19.3 Å². The molecule has 1 aliphatic carbocycles. The fraction of sp³-hybridized carbons (Fsp3) is 0.875. The zero-order chi connectivity index (χ0) is 16.9. The maximum absolute atomic E-state index is 12.6. The van der Waals surface area contributed by atoms with Crippen molar-refractivity contribution in [1.29, 1.82) is 0 Å². The van der Waals surface area contributed by atoms with Gasteiger partial charge in [-0.15, -0.1) is 0 Å². The Kier molecular flexibility index (Phi) is 6.66. The summed E-state index contributed by atoms with van der Waals surface area (Å²) in [6.07, 6.45) is 4.72. The van der Waals surface area contributed by atoms with Crippen molar-refractivity contribution in [2.45, 2.75) is 77.5 Å². The number of likely N-dealkylation sites (N-methyl/N-ethyl adjacent to an activating group) is 1. The molecule has 128 valence electrons. The topological polar surface area (TPSA) is 59.1 Å². The summed E-state index contributed by atoms with van der Waals surface area (Å²) in [6.45, 7) is 7.23. The van der Waals surface area contributed by atoms with Gasteiger partial charge in [0.15, 0.2) is 0 Å². The van der Waals surface area contributed by atoms with Crippen LogP contribution in [0.15, 0.2) is 0 Å². The SMILES string of the molecule is CON(C)C(=O)[C@H](C)N(C(=O)OC(C)(C)C)C1CCCCC1. The Labute approximate surface area is 133 Å². The van der Waals surface area contributed by atoms with Crippen molar-refractivity contribution < 1.29 is 19.2 Å². The molecule has 0 unspecified atom stereocenters. The average molecular weight is 314 g/mol. The number of hydroxylamine groups is 2. The number of carbonyl (C=O) groups excluding carboxylic acids is 2. The first-order chi connectivity index (χ1) is 10.2. The van der Waals surface area contributed by atoms with Crippen LogP contribution in [-0.4, -0.2) is 53.8 Å². The molecule has 0 N–H and O–H groups in total. The number of hydrogen-bond acceptors (Lipinski definition) is 4. The lowest BCUT2D eigenvalue weighted by molar-refractivity contribution is -0.174. The third-order valence-electron chi connectivity index (χ3n) is 3.93. The van der Waals surface area contributed by atoms with E-state index in [1.54, 1.807) is 18.9 Å². The Morgan fingerprint density at radius 1 is 1.14 bits per heavy atom. The summed E-state index contributed by atoms with van der Waals surface area (Å²) in [4.78, 5) is 31.5. The van der Waals surface area contributed by atoms with E-state index >= 15 is 0 Å². The van der Waals surface area contributed by atoms with Crippen molar-refractivity contribution in [3.8, 4) is 0 Å². The van der Waals surface area contributed by atoms with E-state index in [1.165, 1.54) is 13.5 Å². The number of nitrogens with zero attached hydrogens (tertiary/aromatic N) is 2. The molecule has 0 radical (unpaired) electrons. The van der Waals surface area contributed by atoms with Crippen molar-refractivity contribution in [2.75, 3.05) is 14.2 Å². The lowest BCUT2D eigenvalue weighted by atomic mass is 9.93. The molecule has 0 saturated heterocycles. The van der Waals surface area contributed by atoms with Gasteiger partial charge in [-0.25, -0.2) is 9.86 Å². The number of hydrogen-bond donors (Lipinski definition) is 0. The molecule has 1 atom stereocenters. The monoisotopic (exact) mass is 314 g/mol. The number of ether oxygens (including phenoxy) is 1. The second kappa shape index (κ2) is 7.81. The minimum Gasteiger partial charge on any atom is -0.444 e. The van der Waals surface area contributed by atoms with Crippen molar-refractivity contribution in [1.82, 2.24) is 9.96 Å². The maximum atomic E-state index is 12.6. The third kappa shape index (κ3) is 5.16. The van der Waals surface area contributed by atoms with Gasteiger partial charge < -0.3 is 4.74 Å². The first-order valence-corrected chi connectivity index (χ1v) is 8.00. The van der Waals surface area contributed by atoms with Gasteiger partial charge in [-0.2, -0.15) is 0 Å². The largest absolute Gasteiger partial charge is 0.444 e. The predicted molar refractivity (Wildman–Crippen MR) is 84.2 cm³/mol. The zero-order valence-corrected chi connectivity index (χ0v) is 14.7. The molecule has 22 heavy (non-hydrogen) atoms. The number of amides is 2. The van der Waals surface area contributed by atoms with Gasteiger partial charge >= 0.3 is 6.09 Å². The molecule has 0 aliphatic heterocycles. The minimum absolute atomic E-state index is 0.0489. The quantitative estimate of drug-likeness (QED) is 0.749. The predicted octanol–water partition coefficient (Wildman–Crippen LogP) is 2.96. The zero-order valence-electron chi connectivity index (χ0n) is 14.7. The van der Waals surface area contributed by atoms with E-state index in [2.05, 4.69) is 0 Å². The van der Waals surface area contributed by atoms with Crippen LogP contribution in [0.5, 0.6) is 0 Å². The highest BCUT2D eigenvalue weighted by Crippen LogP contribution is 2.26. The number of carbonyl (C=O) groups is 2. The molecule has 2 amide bonds. The van der Waals surface area contributed by atoms with Crippen LogP contribution in [0.25, 0.3) is 0 Å². The molecule has 1 aliphatic rings. The summed E-state index contributed by atoms with van der Waals surface area (Å²) in [5, 5.41) is 1.16. The Balaban J connectivity index is 2.94. The highest BCUT2D eigenvalue weighted by atomic mass is 16.7. The van der Waals surface area contributed by atoms with Crippen molar-refractivity contribution >= 4 is 12.0 Å². The molecule has 0 aromatic rings. The van der Waals surface area contributed by atoms with E-state index in [0.717, 1.165) is 30.7 Å². The molecular formula is C16H30N2O4. The lowest BCUT2D eigenvalue weighted by Gasteiger charge is -2.39. The molecule has 0 aromatic carbocycles. The summed E-state index contributed by atoms with van der Waals surface area (Å²) < 4.78 is 5.51. The van der Waals surface area contributed by atoms with E-state index in [-0.39, 0.29) is 11.9 Å². The Morgan fingerprint density at radius 3 is 2.14 bits per heavy atom. The van der Waals surface area contributed by atoms with Gasteiger partial charge in [0, 0.05) is 13.1 Å². The fourth-order valence-corrected chi connectivity index (χ4v) is 2.77. The smallest absolute Gasteiger partial charge is 0.411 e. The van der Waals surface area contributed by atoms with Gasteiger partial charge in [-0.3, -0.25) is 14.5 Å². The molecule has 0 aromatic heterocycles. The summed E-state index contributed by atoms with van der Waals surface area (Å²) in [5.41, 5.74) is -0.583. The second-order valence-corrected chi connectivity index (χ2v) is 6.87. The van der Waals surface area contributed by atoms with Gasteiger partial charge in [-0.05, 0) is 40.5 Å². The van der Waals surface area contributed by atoms with Crippen LogP contribution < -0.4 is 0 Å². The second-order valence-electron chi connectivity index (χ2n) is 6.87. The molecule has 6 nitrogen and oxygen atoms in total. The van der Waals surface area contributed by atoms with Crippen LogP contribution in [0.1, 0.15) is 59.8 Å². The molecule has 1 saturated carbocycles. The van der Waals surface area contributed by atoms with E-state index in [1.807, 2.05) is 20.8 Å². The molecule has 0 heterocycles. The van der Waals surface area contributed by atoms with Gasteiger partial charge in [0.25, 0.3) is 5.91 Å². The summed E-state index contributed by atoms with van der Waals surface area (Å²) in [7, 11) is 2.98. The lowest BCUT2D eigenvalue weighted by Crippen LogP contribution is -2.54. The highest BCUT2D eigenvalue weighted by Gasteiger charge is 2.37. The van der Waals surface area contributed by atoms with Crippen molar-refractivity contribution in [3.63, 3.8) is 0 Å². The average Bonchev–Trinajstić information content (AvgIpc) is 2.45. The number of rotatable bonds is 4. The van der Waals surface area contributed by atoms with E-state index in [4.69, 9.17) is 9.57 Å². The van der Waals surface area contributed by atoms with Gasteiger partial charge in [0.05, 0.1) is 7.11 Å². The van der Waals surface area contributed by atoms with Crippen molar-refractivity contribution in [2.24, 2.45) is 0 Å². The maximum Gasteiger partial charge on any atom is 0.411 e. The van der Waals surface area contributed by atoms with Gasteiger partial charge in [0.2, 0.25) is 0 Å². The molecule has 0 spiro atoms. The Morgan fingerprint density at radius 2 is 1.68 bits per heavy atom. The van der Waals surface area contributed by atoms with Crippen LogP contribution in [0.3, 0.4) is 0 Å². The van der Waals surface area contributed by atoms with Crippen molar-refractivity contribution in [3.05, 3.63) is 0 Å². The molecule has 0 bridgehead atoms. The van der Waals surface area contributed by atoms with Crippen LogP contribution in [0.2, 0.25) is 0 Å². The molecule has 1 fully saturated rings. The Bertz CT molecular complexity index is 386. The molecule has 1 rings (SSSR count). The standard InChI is InChI=1S/C16H30N2O4/c1-12(14(19)17(5)21-6)18(13-10-8-7-9-11-13)15(20)22-16(2,3)4/h12-13H,7-11H2,1-6H3/t12-/m0/s1. The van der Waals surface area contributed by atoms with Crippen LogP contribution >= 0.6 is 0 Å². The molecular weight excluding hydrogens is 284 g/mol. The van der Waals surface area contributed by atoms with E-state index in [9.17, 15) is 9.59 Å². The van der Waals surface area contributed by atoms with E-state index < -0.39 is 17.7 Å².